The number of amides is 1. The van der Waals surface area contributed by atoms with Crippen LogP contribution in [0.5, 0.6) is 0 Å². The van der Waals surface area contributed by atoms with Crippen molar-refractivity contribution in [1.29, 1.82) is 0 Å². The van der Waals surface area contributed by atoms with E-state index < -0.39 is 22.4 Å². The zero-order chi connectivity index (χ0) is 22.6. The largest absolute Gasteiger partial charge is 0.416 e. The molecule has 0 N–H and O–H groups in total. The molecule has 2 aromatic carbocycles. The van der Waals surface area contributed by atoms with Crippen molar-refractivity contribution < 1.29 is 22.9 Å². The van der Waals surface area contributed by atoms with Gasteiger partial charge in [0.15, 0.2) is 0 Å². The third-order valence-electron chi connectivity index (χ3n) is 4.97. The molecule has 0 bridgehead atoms. The average Bonchev–Trinajstić information content (AvgIpc) is 2.77. The molecule has 0 spiro atoms. The molecular weight excluding hydrogens is 431 g/mol. The van der Waals surface area contributed by atoms with Crippen LogP contribution in [0.15, 0.2) is 53.4 Å². The predicted octanol–water partition coefficient (Wildman–Crippen LogP) is 4.70. The van der Waals surface area contributed by atoms with Crippen molar-refractivity contribution in [3.8, 4) is 0 Å². The van der Waals surface area contributed by atoms with Crippen molar-refractivity contribution in [2.24, 2.45) is 0 Å². The Labute approximate surface area is 181 Å². The maximum absolute atomic E-state index is 12.9. The van der Waals surface area contributed by atoms with Crippen molar-refractivity contribution in [3.05, 3.63) is 69.8 Å². The molecule has 1 fully saturated rings. The summed E-state index contributed by atoms with van der Waals surface area (Å²) in [5.41, 5.74) is -0.643. The van der Waals surface area contributed by atoms with E-state index >= 15 is 0 Å². The smallest absolute Gasteiger partial charge is 0.362 e. The zero-order valence-electron chi connectivity index (χ0n) is 16.6. The number of piperazine rings is 1. The second kappa shape index (κ2) is 9.42. The monoisotopic (exact) mass is 451 g/mol. The maximum atomic E-state index is 12.9. The summed E-state index contributed by atoms with van der Waals surface area (Å²) in [6.45, 7) is 1.20. The second-order valence-corrected chi connectivity index (χ2v) is 7.76. The Morgan fingerprint density at radius 3 is 2.29 bits per heavy atom. The number of benzene rings is 2. The number of nitrogens with zero attached hydrogens (tertiary/aromatic N) is 3. The lowest BCUT2D eigenvalue weighted by atomic mass is 10.1. The van der Waals surface area contributed by atoms with Gasteiger partial charge in [-0.1, -0.05) is 12.1 Å². The highest BCUT2D eigenvalue weighted by atomic mass is 32.2. The summed E-state index contributed by atoms with van der Waals surface area (Å²) in [7, 11) is 0. The predicted molar refractivity (Wildman–Crippen MR) is 114 cm³/mol. The first-order chi connectivity index (χ1) is 14.7. The van der Waals surface area contributed by atoms with Crippen LogP contribution in [0.4, 0.5) is 24.5 Å². The van der Waals surface area contributed by atoms with E-state index in [0.717, 1.165) is 22.6 Å². The van der Waals surface area contributed by atoms with Crippen molar-refractivity contribution in [2.45, 2.75) is 11.1 Å². The van der Waals surface area contributed by atoms with Crippen LogP contribution in [0.3, 0.4) is 0 Å². The molecule has 0 unspecified atom stereocenters. The van der Waals surface area contributed by atoms with Gasteiger partial charge in [-0.15, -0.1) is 11.8 Å². The number of rotatable bonds is 5. The van der Waals surface area contributed by atoms with Crippen LogP contribution < -0.4 is 4.90 Å². The number of halogens is 3. The molecule has 1 aliphatic heterocycles. The molecule has 31 heavy (non-hydrogen) atoms. The number of carbonyl (C=O) groups excluding carboxylic acids is 1. The Hall–Kier alpha value is -3.01. The van der Waals surface area contributed by atoms with E-state index in [1.807, 2.05) is 30.5 Å². The molecule has 0 aromatic heterocycles. The molecular formula is C21H20F3N3O3S. The van der Waals surface area contributed by atoms with Crippen LogP contribution in [-0.4, -0.2) is 48.2 Å². The summed E-state index contributed by atoms with van der Waals surface area (Å²) in [5, 5.41) is 11.3. The molecule has 1 aliphatic rings. The molecule has 1 amide bonds. The minimum absolute atomic E-state index is 0.120. The van der Waals surface area contributed by atoms with Gasteiger partial charge in [0.25, 0.3) is 5.69 Å². The molecule has 0 atom stereocenters. The molecule has 0 aliphatic carbocycles. The van der Waals surface area contributed by atoms with Gasteiger partial charge in [-0.05, 0) is 42.2 Å². The van der Waals surface area contributed by atoms with E-state index in [4.69, 9.17) is 0 Å². The fourth-order valence-electron chi connectivity index (χ4n) is 3.27. The van der Waals surface area contributed by atoms with E-state index in [0.29, 0.717) is 19.2 Å². The molecule has 10 heteroatoms. The number of alkyl halides is 3. The standard InChI is InChI=1S/C21H20F3N3O3S/c1-31-17-6-2-15(3-7-17)4-9-20(28)26-12-10-25(11-13-26)18-8-5-16(21(22,23)24)14-19(18)27(29)30/h2-9,14H,10-13H2,1H3/b9-4+. The van der Waals surface area contributed by atoms with E-state index in [9.17, 15) is 28.1 Å². The third kappa shape index (κ3) is 5.57. The first kappa shape index (κ1) is 22.7. The van der Waals surface area contributed by atoms with Gasteiger partial charge in [0.05, 0.1) is 10.5 Å². The van der Waals surface area contributed by atoms with Crippen molar-refractivity contribution >= 4 is 35.1 Å². The SMILES string of the molecule is CSc1ccc(/C=C/C(=O)N2CCN(c3ccc(C(F)(F)F)cc3[N+](=O)[O-])CC2)cc1. The highest BCUT2D eigenvalue weighted by Crippen LogP contribution is 2.36. The Morgan fingerprint density at radius 2 is 1.74 bits per heavy atom. The van der Waals surface area contributed by atoms with Gasteiger partial charge in [-0.3, -0.25) is 14.9 Å². The van der Waals surface area contributed by atoms with Crippen LogP contribution in [0, 0.1) is 10.1 Å². The Morgan fingerprint density at radius 1 is 1.10 bits per heavy atom. The van der Waals surface area contributed by atoms with Crippen molar-refractivity contribution in [2.75, 3.05) is 37.3 Å². The minimum Gasteiger partial charge on any atom is -0.362 e. The number of hydrogen-bond acceptors (Lipinski definition) is 5. The van der Waals surface area contributed by atoms with Crippen LogP contribution in [0.2, 0.25) is 0 Å². The second-order valence-electron chi connectivity index (χ2n) is 6.88. The molecule has 3 rings (SSSR count). The van der Waals surface area contributed by atoms with Gasteiger partial charge in [-0.2, -0.15) is 13.2 Å². The summed E-state index contributed by atoms with van der Waals surface area (Å²) in [5.74, 6) is -0.185. The van der Waals surface area contributed by atoms with Crippen LogP contribution in [0.25, 0.3) is 6.08 Å². The molecule has 164 valence electrons. The fraction of sp³-hybridized carbons (Fsp3) is 0.286. The van der Waals surface area contributed by atoms with Gasteiger partial charge in [-0.25, -0.2) is 0 Å². The number of carbonyl (C=O) groups is 1. The van der Waals surface area contributed by atoms with Gasteiger partial charge in [0.1, 0.15) is 5.69 Å². The maximum Gasteiger partial charge on any atom is 0.416 e. The Balaban J connectivity index is 1.65. The highest BCUT2D eigenvalue weighted by Gasteiger charge is 2.34. The quantitative estimate of drug-likeness (QED) is 0.285. The number of thioether (sulfide) groups is 1. The fourth-order valence-corrected chi connectivity index (χ4v) is 3.68. The lowest BCUT2D eigenvalue weighted by Crippen LogP contribution is -2.48. The normalized spacial score (nSPS) is 14.8. The lowest BCUT2D eigenvalue weighted by Gasteiger charge is -2.35. The van der Waals surface area contributed by atoms with E-state index in [2.05, 4.69) is 0 Å². The van der Waals surface area contributed by atoms with Crippen LogP contribution >= 0.6 is 11.8 Å². The molecule has 1 heterocycles. The molecule has 2 aromatic rings. The van der Waals surface area contributed by atoms with Crippen LogP contribution in [0.1, 0.15) is 11.1 Å². The average molecular weight is 451 g/mol. The van der Waals surface area contributed by atoms with Gasteiger partial charge in [0, 0.05) is 43.2 Å². The topological polar surface area (TPSA) is 66.7 Å². The number of hydrogen-bond donors (Lipinski definition) is 0. The van der Waals surface area contributed by atoms with Crippen molar-refractivity contribution in [1.82, 2.24) is 4.90 Å². The van der Waals surface area contributed by atoms with Gasteiger partial charge < -0.3 is 9.80 Å². The van der Waals surface area contributed by atoms with Crippen LogP contribution in [-0.2, 0) is 11.0 Å². The van der Waals surface area contributed by atoms with E-state index in [1.165, 1.54) is 6.08 Å². The Bertz CT molecular complexity index is 986. The number of nitro benzene ring substituents is 1. The van der Waals surface area contributed by atoms with Gasteiger partial charge in [0.2, 0.25) is 5.91 Å². The number of nitro groups is 1. The Kier molecular flexibility index (Phi) is 6.89. The van der Waals surface area contributed by atoms with E-state index in [-0.39, 0.29) is 24.7 Å². The van der Waals surface area contributed by atoms with Gasteiger partial charge >= 0.3 is 6.18 Å². The summed E-state index contributed by atoms with van der Waals surface area (Å²) in [6.07, 6.45) is 0.521. The zero-order valence-corrected chi connectivity index (χ0v) is 17.4. The molecule has 0 radical (unpaired) electrons. The summed E-state index contributed by atoms with van der Waals surface area (Å²) >= 11 is 1.63. The summed E-state index contributed by atoms with van der Waals surface area (Å²) in [4.78, 5) is 27.3. The molecule has 6 nitrogen and oxygen atoms in total. The minimum atomic E-state index is -4.66. The third-order valence-corrected chi connectivity index (χ3v) is 5.71. The first-order valence-electron chi connectivity index (χ1n) is 9.40. The molecule has 0 saturated carbocycles. The van der Waals surface area contributed by atoms with Crippen molar-refractivity contribution in [3.63, 3.8) is 0 Å². The highest BCUT2D eigenvalue weighted by molar-refractivity contribution is 7.98. The number of anilines is 1. The summed E-state index contributed by atoms with van der Waals surface area (Å²) < 4.78 is 38.7. The van der Waals surface area contributed by atoms with E-state index in [1.54, 1.807) is 27.6 Å². The lowest BCUT2D eigenvalue weighted by molar-refractivity contribution is -0.384. The first-order valence-corrected chi connectivity index (χ1v) is 10.6. The summed E-state index contributed by atoms with van der Waals surface area (Å²) in [6, 6.07) is 10.3. The molecule has 1 saturated heterocycles.